The molecule has 2 amide bonds. The Morgan fingerprint density at radius 2 is 2.08 bits per heavy atom. The molecule has 0 saturated carbocycles. The van der Waals surface area contributed by atoms with Gasteiger partial charge < -0.3 is 4.74 Å². The van der Waals surface area contributed by atoms with E-state index in [9.17, 15) is 4.79 Å². The molecule has 1 aromatic heterocycles. The number of nitrogens with one attached hydrogen (secondary N) is 2. The summed E-state index contributed by atoms with van der Waals surface area (Å²) in [5.74, 6) is 1.85. The van der Waals surface area contributed by atoms with Crippen molar-refractivity contribution in [3.8, 4) is 5.75 Å². The minimum atomic E-state index is -0.308. The van der Waals surface area contributed by atoms with Gasteiger partial charge in [0.15, 0.2) is 0 Å². The second kappa shape index (κ2) is 7.12. The molecule has 2 aromatic rings. The predicted molar refractivity (Wildman–Crippen MR) is 92.7 cm³/mol. The summed E-state index contributed by atoms with van der Waals surface area (Å²) in [6, 6.07) is 12.9. The molecule has 2 heterocycles. The van der Waals surface area contributed by atoms with Crippen LogP contribution in [0.15, 0.2) is 48.7 Å². The van der Waals surface area contributed by atoms with Gasteiger partial charge in [0.1, 0.15) is 17.4 Å². The Morgan fingerprint density at radius 1 is 1.29 bits per heavy atom. The summed E-state index contributed by atoms with van der Waals surface area (Å²) in [5, 5.41) is 10.8. The molecule has 1 unspecified atom stereocenters. The van der Waals surface area contributed by atoms with E-state index in [2.05, 4.69) is 10.3 Å². The van der Waals surface area contributed by atoms with Crippen LogP contribution < -0.4 is 10.1 Å². The van der Waals surface area contributed by atoms with Gasteiger partial charge in [-0.05, 0) is 36.2 Å². The highest BCUT2D eigenvalue weighted by Crippen LogP contribution is 2.29. The van der Waals surface area contributed by atoms with Gasteiger partial charge in [0.25, 0.3) is 0 Å². The monoisotopic (exact) mass is 324 g/mol. The Balaban J connectivity index is 1.70. The Bertz CT molecular complexity index is 716. The van der Waals surface area contributed by atoms with E-state index in [1.165, 1.54) is 4.90 Å². The lowest BCUT2D eigenvalue weighted by atomic mass is 9.90. The van der Waals surface area contributed by atoms with Gasteiger partial charge in [0, 0.05) is 25.1 Å². The first-order chi connectivity index (χ1) is 11.7. The summed E-state index contributed by atoms with van der Waals surface area (Å²) in [6.45, 7) is 0.490. The summed E-state index contributed by atoms with van der Waals surface area (Å²) < 4.78 is 5.18. The lowest BCUT2D eigenvalue weighted by Crippen LogP contribution is -2.45. The van der Waals surface area contributed by atoms with Crippen molar-refractivity contribution in [2.45, 2.75) is 18.8 Å². The number of hydrogen-bond acceptors (Lipinski definition) is 4. The largest absolute Gasteiger partial charge is 0.497 e. The van der Waals surface area contributed by atoms with Crippen LogP contribution in [0.4, 0.5) is 10.6 Å². The number of amidine groups is 1. The van der Waals surface area contributed by atoms with Crippen LogP contribution in [0.25, 0.3) is 0 Å². The van der Waals surface area contributed by atoms with Gasteiger partial charge in [-0.2, -0.15) is 0 Å². The molecule has 0 aliphatic carbocycles. The van der Waals surface area contributed by atoms with Crippen molar-refractivity contribution in [2.75, 3.05) is 19.0 Å². The van der Waals surface area contributed by atoms with E-state index >= 15 is 0 Å². The van der Waals surface area contributed by atoms with Crippen LogP contribution in [0.1, 0.15) is 24.3 Å². The number of urea groups is 1. The summed E-state index contributed by atoms with van der Waals surface area (Å²) in [4.78, 5) is 18.1. The fourth-order valence-electron chi connectivity index (χ4n) is 2.84. The average molecular weight is 324 g/mol. The molecule has 1 aliphatic rings. The average Bonchev–Trinajstić information content (AvgIpc) is 2.63. The molecule has 6 nitrogen and oxygen atoms in total. The number of amides is 2. The topological polar surface area (TPSA) is 78.3 Å². The zero-order chi connectivity index (χ0) is 16.9. The van der Waals surface area contributed by atoms with Gasteiger partial charge >= 0.3 is 6.03 Å². The molecule has 3 rings (SSSR count). The van der Waals surface area contributed by atoms with Gasteiger partial charge in [-0.1, -0.05) is 18.2 Å². The van der Waals surface area contributed by atoms with Crippen LogP contribution in [0.2, 0.25) is 0 Å². The van der Waals surface area contributed by atoms with Crippen LogP contribution in [0.5, 0.6) is 5.75 Å². The number of rotatable bonds is 3. The Hall–Kier alpha value is -2.89. The molecule has 1 atom stereocenters. The minimum Gasteiger partial charge on any atom is -0.497 e. The van der Waals surface area contributed by atoms with Crippen molar-refractivity contribution >= 4 is 17.7 Å². The normalized spacial score (nSPS) is 17.5. The molecule has 0 spiro atoms. The smallest absolute Gasteiger partial charge is 0.328 e. The Labute approximate surface area is 141 Å². The van der Waals surface area contributed by atoms with Gasteiger partial charge in [-0.25, -0.2) is 9.78 Å². The van der Waals surface area contributed by atoms with Crippen LogP contribution >= 0.6 is 0 Å². The number of benzene rings is 1. The molecule has 0 radical (unpaired) electrons. The fourth-order valence-corrected chi connectivity index (χ4v) is 2.84. The molecule has 1 saturated heterocycles. The first-order valence-electron chi connectivity index (χ1n) is 7.88. The number of carbonyl (C=O) groups excluding carboxylic acids is 1. The third-order valence-corrected chi connectivity index (χ3v) is 4.19. The second-order valence-corrected chi connectivity index (χ2v) is 5.71. The predicted octanol–water partition coefficient (Wildman–Crippen LogP) is 3.48. The third-order valence-electron chi connectivity index (χ3n) is 4.19. The number of carbonyl (C=O) groups is 1. The maximum atomic E-state index is 12.5. The fraction of sp³-hybridized carbons (Fsp3) is 0.278. The van der Waals surface area contributed by atoms with Crippen molar-refractivity contribution in [3.05, 3.63) is 54.2 Å². The molecule has 124 valence electrons. The molecule has 1 fully saturated rings. The van der Waals surface area contributed by atoms with Crippen molar-refractivity contribution < 1.29 is 9.53 Å². The van der Waals surface area contributed by atoms with Crippen molar-refractivity contribution in [1.82, 2.24) is 9.88 Å². The van der Waals surface area contributed by atoms with E-state index in [0.29, 0.717) is 24.6 Å². The van der Waals surface area contributed by atoms with Gasteiger partial charge in [0.2, 0.25) is 0 Å². The van der Waals surface area contributed by atoms with E-state index in [0.717, 1.165) is 17.7 Å². The lowest BCUT2D eigenvalue weighted by molar-refractivity contribution is 0.226. The number of pyridine rings is 1. The zero-order valence-electron chi connectivity index (χ0n) is 13.5. The molecular weight excluding hydrogens is 304 g/mol. The number of methoxy groups -OCH3 is 1. The Morgan fingerprint density at radius 3 is 2.75 bits per heavy atom. The highest BCUT2D eigenvalue weighted by atomic mass is 16.5. The van der Waals surface area contributed by atoms with E-state index in [-0.39, 0.29) is 11.9 Å². The van der Waals surface area contributed by atoms with E-state index < -0.39 is 0 Å². The number of hydrogen-bond donors (Lipinski definition) is 2. The molecule has 1 aromatic carbocycles. The first kappa shape index (κ1) is 16.0. The summed E-state index contributed by atoms with van der Waals surface area (Å²) in [7, 11) is 1.64. The number of likely N-dealkylation sites (tertiary alicyclic amines) is 1. The maximum absolute atomic E-state index is 12.5. The van der Waals surface area contributed by atoms with Crippen molar-refractivity contribution in [2.24, 2.45) is 0 Å². The van der Waals surface area contributed by atoms with Crippen LogP contribution in [-0.2, 0) is 0 Å². The molecule has 24 heavy (non-hydrogen) atoms. The van der Waals surface area contributed by atoms with E-state index in [1.807, 2.05) is 30.3 Å². The number of ether oxygens (including phenoxy) is 1. The minimum absolute atomic E-state index is 0.208. The molecule has 0 bridgehead atoms. The Kier molecular flexibility index (Phi) is 4.74. The maximum Gasteiger partial charge on any atom is 0.328 e. The van der Waals surface area contributed by atoms with Crippen LogP contribution in [0.3, 0.4) is 0 Å². The van der Waals surface area contributed by atoms with E-state index in [4.69, 9.17) is 10.1 Å². The number of aromatic nitrogens is 1. The highest BCUT2D eigenvalue weighted by molar-refractivity contribution is 6.02. The standard InChI is InChI=1S/C18H20N4O2/c1-24-15-8-5-13(6-9-15)14-7-10-16(19)22(12-14)18(23)21-17-4-2-3-11-20-17/h2-6,8-9,11,14,19H,7,10,12H2,1H3,(H,20,21,23). The summed E-state index contributed by atoms with van der Waals surface area (Å²) >= 11 is 0. The second-order valence-electron chi connectivity index (χ2n) is 5.71. The van der Waals surface area contributed by atoms with Gasteiger partial charge in [-0.3, -0.25) is 15.6 Å². The molecule has 1 aliphatic heterocycles. The molecule has 6 heteroatoms. The van der Waals surface area contributed by atoms with Crippen molar-refractivity contribution in [3.63, 3.8) is 0 Å². The van der Waals surface area contributed by atoms with Crippen molar-refractivity contribution in [1.29, 1.82) is 5.41 Å². The van der Waals surface area contributed by atoms with E-state index in [1.54, 1.807) is 25.4 Å². The number of anilines is 1. The quantitative estimate of drug-likeness (QED) is 0.907. The van der Waals surface area contributed by atoms with Crippen LogP contribution in [-0.4, -0.2) is 35.4 Å². The van der Waals surface area contributed by atoms with Crippen LogP contribution in [0, 0.1) is 5.41 Å². The number of piperidine rings is 1. The summed E-state index contributed by atoms with van der Waals surface area (Å²) in [6.07, 6.45) is 3.06. The lowest BCUT2D eigenvalue weighted by Gasteiger charge is -2.33. The first-order valence-corrected chi connectivity index (χ1v) is 7.88. The summed E-state index contributed by atoms with van der Waals surface area (Å²) in [5.41, 5.74) is 1.15. The SMILES string of the molecule is COc1ccc(C2CCC(=N)N(C(=O)Nc3ccccn3)C2)cc1. The highest BCUT2D eigenvalue weighted by Gasteiger charge is 2.29. The zero-order valence-corrected chi connectivity index (χ0v) is 13.5. The molecular formula is C18H20N4O2. The number of nitrogens with zero attached hydrogens (tertiary/aromatic N) is 2. The third kappa shape index (κ3) is 3.53. The molecule has 2 N–H and O–H groups in total. The van der Waals surface area contributed by atoms with Gasteiger partial charge in [-0.15, -0.1) is 0 Å². The van der Waals surface area contributed by atoms with Gasteiger partial charge in [0.05, 0.1) is 7.11 Å².